The molecule has 0 aliphatic heterocycles. The molecule has 1 heterocycles. The number of methoxy groups -OCH3 is 3. The molecule has 1 amide bonds. The van der Waals surface area contributed by atoms with Gasteiger partial charge in [-0.15, -0.1) is 10.2 Å². The number of ether oxygens (including phenoxy) is 3. The molecule has 0 spiro atoms. The fraction of sp³-hybridized carbons (Fsp3) is 0.150. The van der Waals surface area contributed by atoms with Gasteiger partial charge in [0.05, 0.1) is 32.7 Å². The van der Waals surface area contributed by atoms with Crippen LogP contribution < -0.4 is 24.8 Å². The van der Waals surface area contributed by atoms with Crippen LogP contribution in [0.2, 0.25) is 0 Å². The molecule has 28 heavy (non-hydrogen) atoms. The van der Waals surface area contributed by atoms with Crippen molar-refractivity contribution in [3.8, 4) is 17.2 Å². The van der Waals surface area contributed by atoms with E-state index in [4.69, 9.17) is 14.2 Å². The van der Waals surface area contributed by atoms with E-state index in [1.165, 1.54) is 7.11 Å². The molecule has 1 aromatic heterocycles. The summed E-state index contributed by atoms with van der Waals surface area (Å²) in [6.45, 7) is 0. The maximum Gasteiger partial charge on any atom is 0.276 e. The molecule has 8 heteroatoms. The predicted octanol–water partition coefficient (Wildman–Crippen LogP) is 3.50. The highest BCUT2D eigenvalue weighted by Crippen LogP contribution is 2.29. The molecule has 0 unspecified atom stereocenters. The third kappa shape index (κ3) is 4.29. The highest BCUT2D eigenvalue weighted by Gasteiger charge is 2.13. The second-order valence-corrected chi connectivity index (χ2v) is 5.65. The lowest BCUT2D eigenvalue weighted by Crippen LogP contribution is -2.15. The number of nitrogens with zero attached hydrogens (tertiary/aromatic N) is 2. The Hall–Kier alpha value is -3.81. The summed E-state index contributed by atoms with van der Waals surface area (Å²) >= 11 is 0. The molecule has 0 atom stereocenters. The second-order valence-electron chi connectivity index (χ2n) is 5.65. The van der Waals surface area contributed by atoms with Gasteiger partial charge in [0.15, 0.2) is 11.5 Å². The van der Waals surface area contributed by atoms with Crippen molar-refractivity contribution in [2.45, 2.75) is 0 Å². The molecule has 8 nitrogen and oxygen atoms in total. The largest absolute Gasteiger partial charge is 0.497 e. The number of nitrogens with one attached hydrogen (secondary N) is 2. The first-order valence-electron chi connectivity index (χ1n) is 8.41. The van der Waals surface area contributed by atoms with E-state index in [1.54, 1.807) is 44.6 Å². The summed E-state index contributed by atoms with van der Waals surface area (Å²) in [5.74, 6) is 1.86. The van der Waals surface area contributed by atoms with E-state index < -0.39 is 5.91 Å². The van der Waals surface area contributed by atoms with Gasteiger partial charge in [-0.1, -0.05) is 12.1 Å². The molecule has 0 saturated heterocycles. The number of anilines is 3. The zero-order chi connectivity index (χ0) is 19.9. The van der Waals surface area contributed by atoms with Gasteiger partial charge >= 0.3 is 0 Å². The molecule has 0 fully saturated rings. The number of benzene rings is 2. The van der Waals surface area contributed by atoms with Crippen molar-refractivity contribution in [2.24, 2.45) is 0 Å². The Bertz CT molecular complexity index is 961. The molecule has 0 radical (unpaired) electrons. The van der Waals surface area contributed by atoms with Gasteiger partial charge in [0, 0.05) is 6.07 Å². The van der Waals surface area contributed by atoms with Crippen molar-refractivity contribution >= 4 is 23.1 Å². The fourth-order valence-corrected chi connectivity index (χ4v) is 2.50. The predicted molar refractivity (Wildman–Crippen MR) is 106 cm³/mol. The van der Waals surface area contributed by atoms with Crippen molar-refractivity contribution in [2.75, 3.05) is 32.0 Å². The van der Waals surface area contributed by atoms with Crippen LogP contribution in [-0.4, -0.2) is 37.4 Å². The minimum absolute atomic E-state index is 0.162. The van der Waals surface area contributed by atoms with Gasteiger partial charge < -0.3 is 24.8 Å². The molecule has 0 saturated carbocycles. The van der Waals surface area contributed by atoms with Crippen LogP contribution in [0.5, 0.6) is 17.2 Å². The van der Waals surface area contributed by atoms with Gasteiger partial charge in [0.2, 0.25) is 0 Å². The van der Waals surface area contributed by atoms with Gasteiger partial charge in [-0.25, -0.2) is 0 Å². The van der Waals surface area contributed by atoms with Crippen LogP contribution >= 0.6 is 0 Å². The number of hydrogen-bond acceptors (Lipinski definition) is 7. The van der Waals surface area contributed by atoms with E-state index in [0.29, 0.717) is 28.8 Å². The first kappa shape index (κ1) is 19.0. The van der Waals surface area contributed by atoms with E-state index >= 15 is 0 Å². The highest BCUT2D eigenvalue weighted by molar-refractivity contribution is 6.03. The summed E-state index contributed by atoms with van der Waals surface area (Å²) in [6.07, 6.45) is 0. The number of para-hydroxylation sites is 2. The zero-order valence-electron chi connectivity index (χ0n) is 15.7. The summed E-state index contributed by atoms with van der Waals surface area (Å²) in [6, 6.07) is 15.8. The van der Waals surface area contributed by atoms with Crippen LogP contribution in [0.15, 0.2) is 54.6 Å². The summed E-state index contributed by atoms with van der Waals surface area (Å²) in [4.78, 5) is 12.5. The molecular formula is C20H20N4O4. The van der Waals surface area contributed by atoms with E-state index in [-0.39, 0.29) is 5.69 Å². The van der Waals surface area contributed by atoms with Crippen molar-refractivity contribution < 1.29 is 19.0 Å². The van der Waals surface area contributed by atoms with Gasteiger partial charge in [0.25, 0.3) is 5.91 Å². The number of amides is 1. The van der Waals surface area contributed by atoms with Gasteiger partial charge in [-0.2, -0.15) is 0 Å². The molecule has 2 aromatic carbocycles. The summed E-state index contributed by atoms with van der Waals surface area (Å²) in [5, 5.41) is 13.9. The maximum atomic E-state index is 12.5. The van der Waals surface area contributed by atoms with Crippen molar-refractivity contribution in [1.29, 1.82) is 0 Å². The average Bonchev–Trinajstić information content (AvgIpc) is 2.74. The standard InChI is InChI=1S/C20H20N4O4/c1-26-13-8-10-18(28-3)16(12-13)22-20(25)15-9-11-19(24-23-15)21-14-6-4-5-7-17(14)27-2/h4-12H,1-3H3,(H,21,24)(H,22,25). The lowest BCUT2D eigenvalue weighted by atomic mass is 10.2. The van der Waals surface area contributed by atoms with Crippen molar-refractivity contribution in [3.63, 3.8) is 0 Å². The lowest BCUT2D eigenvalue weighted by molar-refractivity contribution is 0.102. The summed E-state index contributed by atoms with van der Waals surface area (Å²) in [5.41, 5.74) is 1.39. The fourth-order valence-electron chi connectivity index (χ4n) is 2.50. The Balaban J connectivity index is 1.74. The van der Waals surface area contributed by atoms with Gasteiger partial charge in [0.1, 0.15) is 17.2 Å². The lowest BCUT2D eigenvalue weighted by Gasteiger charge is -2.12. The average molecular weight is 380 g/mol. The third-order valence-corrected chi connectivity index (χ3v) is 3.92. The SMILES string of the molecule is COc1ccc(OC)c(NC(=O)c2ccc(Nc3ccccc3OC)nn2)c1. The van der Waals surface area contributed by atoms with E-state index in [0.717, 1.165) is 5.69 Å². The number of carbonyl (C=O) groups is 1. The first-order chi connectivity index (χ1) is 13.6. The van der Waals surface area contributed by atoms with Crippen LogP contribution in [0.4, 0.5) is 17.2 Å². The minimum atomic E-state index is -0.414. The number of aromatic nitrogens is 2. The molecule has 2 N–H and O–H groups in total. The van der Waals surface area contributed by atoms with Crippen molar-refractivity contribution in [1.82, 2.24) is 10.2 Å². The summed E-state index contributed by atoms with van der Waals surface area (Å²) < 4.78 is 15.7. The molecule has 0 aliphatic carbocycles. The molecule has 3 aromatic rings. The summed E-state index contributed by atoms with van der Waals surface area (Å²) in [7, 11) is 4.66. The van der Waals surface area contributed by atoms with E-state index in [1.807, 2.05) is 24.3 Å². The first-order valence-corrected chi connectivity index (χ1v) is 8.41. The van der Waals surface area contributed by atoms with E-state index in [2.05, 4.69) is 20.8 Å². The Morgan fingerprint density at radius 1 is 0.821 bits per heavy atom. The number of hydrogen-bond donors (Lipinski definition) is 2. The Kier molecular flexibility index (Phi) is 5.91. The minimum Gasteiger partial charge on any atom is -0.497 e. The highest BCUT2D eigenvalue weighted by atomic mass is 16.5. The molecule has 3 rings (SSSR count). The van der Waals surface area contributed by atoms with E-state index in [9.17, 15) is 4.79 Å². The maximum absolute atomic E-state index is 12.5. The van der Waals surface area contributed by atoms with Crippen LogP contribution in [0.3, 0.4) is 0 Å². The van der Waals surface area contributed by atoms with Crippen LogP contribution in [0, 0.1) is 0 Å². The molecular weight excluding hydrogens is 360 g/mol. The topological polar surface area (TPSA) is 94.6 Å². The Morgan fingerprint density at radius 2 is 1.57 bits per heavy atom. The van der Waals surface area contributed by atoms with Gasteiger partial charge in [-0.05, 0) is 36.4 Å². The Morgan fingerprint density at radius 3 is 2.25 bits per heavy atom. The quantitative estimate of drug-likeness (QED) is 0.648. The zero-order valence-corrected chi connectivity index (χ0v) is 15.7. The normalized spacial score (nSPS) is 10.1. The second kappa shape index (κ2) is 8.72. The monoisotopic (exact) mass is 380 g/mol. The number of carbonyl (C=O) groups excluding carboxylic acids is 1. The van der Waals surface area contributed by atoms with Crippen LogP contribution in [0.25, 0.3) is 0 Å². The third-order valence-electron chi connectivity index (χ3n) is 3.92. The molecule has 0 bridgehead atoms. The van der Waals surface area contributed by atoms with Crippen molar-refractivity contribution in [3.05, 3.63) is 60.3 Å². The molecule has 144 valence electrons. The molecule has 0 aliphatic rings. The van der Waals surface area contributed by atoms with Gasteiger partial charge in [-0.3, -0.25) is 4.79 Å². The number of rotatable bonds is 7. The Labute approximate surface area is 162 Å². The smallest absolute Gasteiger partial charge is 0.276 e. The van der Waals surface area contributed by atoms with Crippen LogP contribution in [0.1, 0.15) is 10.5 Å². The van der Waals surface area contributed by atoms with Crippen LogP contribution in [-0.2, 0) is 0 Å².